The molecule has 0 radical (unpaired) electrons. The van der Waals surface area contributed by atoms with Crippen LogP contribution in [0.2, 0.25) is 0 Å². The predicted octanol–water partition coefficient (Wildman–Crippen LogP) is 0.448. The highest BCUT2D eigenvalue weighted by Gasteiger charge is 2.24. The lowest BCUT2D eigenvalue weighted by Gasteiger charge is -2.30. The third-order valence-electron chi connectivity index (χ3n) is 2.50. The summed E-state index contributed by atoms with van der Waals surface area (Å²) in [4.78, 5) is 11.5. The molecule has 0 saturated carbocycles. The summed E-state index contributed by atoms with van der Waals surface area (Å²) < 4.78 is 5.20. The minimum atomic E-state index is -0.445. The lowest BCUT2D eigenvalue weighted by molar-refractivity contribution is 0.0490. The van der Waals surface area contributed by atoms with Crippen molar-refractivity contribution >= 4 is 6.09 Å². The molecule has 1 aliphatic heterocycles. The van der Waals surface area contributed by atoms with Crippen molar-refractivity contribution in [3.05, 3.63) is 0 Å². The first-order valence-electron chi connectivity index (χ1n) is 5.81. The molecule has 0 bridgehead atoms. The van der Waals surface area contributed by atoms with Gasteiger partial charge in [-0.25, -0.2) is 4.79 Å². The molecule has 0 aromatic rings. The van der Waals surface area contributed by atoms with E-state index in [0.29, 0.717) is 12.5 Å². The summed E-state index contributed by atoms with van der Waals surface area (Å²) in [5.41, 5.74) is 5.17. The smallest absolute Gasteiger partial charge is 0.407 e. The molecular formula is C11H23N3O2. The Hall–Kier alpha value is -0.810. The van der Waals surface area contributed by atoms with E-state index in [1.165, 1.54) is 0 Å². The van der Waals surface area contributed by atoms with Gasteiger partial charge >= 0.3 is 6.09 Å². The number of nitrogens with one attached hydrogen (secondary N) is 2. The first-order chi connectivity index (χ1) is 7.40. The van der Waals surface area contributed by atoms with Crippen LogP contribution in [0.15, 0.2) is 0 Å². The van der Waals surface area contributed by atoms with Crippen molar-refractivity contribution < 1.29 is 9.53 Å². The summed E-state index contributed by atoms with van der Waals surface area (Å²) in [6.45, 7) is 7.94. The van der Waals surface area contributed by atoms with Gasteiger partial charge in [0.1, 0.15) is 5.60 Å². The molecule has 0 unspecified atom stereocenters. The second kappa shape index (κ2) is 5.50. The molecular weight excluding hydrogens is 206 g/mol. The van der Waals surface area contributed by atoms with Gasteiger partial charge in [0.2, 0.25) is 0 Å². The van der Waals surface area contributed by atoms with E-state index in [1.807, 2.05) is 20.8 Å². The number of hydrogen-bond acceptors (Lipinski definition) is 4. The van der Waals surface area contributed by atoms with Gasteiger partial charge in [0.15, 0.2) is 0 Å². The molecule has 5 nitrogen and oxygen atoms in total. The first-order valence-corrected chi connectivity index (χ1v) is 5.81. The van der Waals surface area contributed by atoms with Crippen molar-refractivity contribution in [2.75, 3.05) is 19.6 Å². The molecule has 1 fully saturated rings. The van der Waals surface area contributed by atoms with E-state index in [-0.39, 0.29) is 12.1 Å². The summed E-state index contributed by atoms with van der Waals surface area (Å²) in [5, 5.41) is 6.11. The van der Waals surface area contributed by atoms with Crippen molar-refractivity contribution in [2.45, 2.75) is 38.8 Å². The van der Waals surface area contributed by atoms with Gasteiger partial charge in [-0.1, -0.05) is 0 Å². The number of amides is 1. The van der Waals surface area contributed by atoms with Crippen LogP contribution in [-0.2, 0) is 4.74 Å². The van der Waals surface area contributed by atoms with E-state index in [2.05, 4.69) is 10.6 Å². The van der Waals surface area contributed by atoms with Crippen LogP contribution in [0.1, 0.15) is 27.2 Å². The van der Waals surface area contributed by atoms with Crippen LogP contribution >= 0.6 is 0 Å². The molecule has 94 valence electrons. The van der Waals surface area contributed by atoms with Crippen molar-refractivity contribution in [3.8, 4) is 0 Å². The Morgan fingerprint density at radius 1 is 1.50 bits per heavy atom. The average Bonchev–Trinajstić information content (AvgIpc) is 2.15. The van der Waals surface area contributed by atoms with Crippen LogP contribution in [-0.4, -0.2) is 37.4 Å². The Balaban J connectivity index is 2.33. The lowest BCUT2D eigenvalue weighted by Crippen LogP contribution is -2.51. The zero-order valence-corrected chi connectivity index (χ0v) is 10.4. The van der Waals surface area contributed by atoms with E-state index in [0.717, 1.165) is 19.5 Å². The molecule has 1 amide bonds. The average molecular weight is 229 g/mol. The maximum absolute atomic E-state index is 11.5. The fraction of sp³-hybridized carbons (Fsp3) is 0.909. The molecule has 2 atom stereocenters. The second-order valence-corrected chi connectivity index (χ2v) is 5.34. The molecule has 1 aliphatic rings. The zero-order chi connectivity index (χ0) is 12.2. The highest BCUT2D eigenvalue weighted by molar-refractivity contribution is 5.68. The molecule has 1 rings (SSSR count). The largest absolute Gasteiger partial charge is 0.444 e. The lowest BCUT2D eigenvalue weighted by atomic mass is 9.96. The van der Waals surface area contributed by atoms with Gasteiger partial charge in [-0.05, 0) is 46.2 Å². The minimum absolute atomic E-state index is 0.122. The van der Waals surface area contributed by atoms with E-state index in [4.69, 9.17) is 10.5 Å². The summed E-state index contributed by atoms with van der Waals surface area (Å²) in [6, 6.07) is 0.122. The SMILES string of the molecule is CC(C)(C)OC(=O)N[C@H]1CNC[C@H](CN)C1. The maximum Gasteiger partial charge on any atom is 0.407 e. The number of carbonyl (C=O) groups excluding carboxylic acids is 1. The van der Waals surface area contributed by atoms with Gasteiger partial charge in [0.05, 0.1) is 0 Å². The van der Waals surface area contributed by atoms with Gasteiger partial charge in [0.25, 0.3) is 0 Å². The van der Waals surface area contributed by atoms with E-state index >= 15 is 0 Å². The molecule has 16 heavy (non-hydrogen) atoms. The van der Waals surface area contributed by atoms with Gasteiger partial charge in [-0.3, -0.25) is 0 Å². The second-order valence-electron chi connectivity index (χ2n) is 5.34. The zero-order valence-electron chi connectivity index (χ0n) is 10.4. The first kappa shape index (κ1) is 13.3. The topological polar surface area (TPSA) is 76.4 Å². The van der Waals surface area contributed by atoms with Crippen molar-refractivity contribution in [3.63, 3.8) is 0 Å². The molecule has 4 N–H and O–H groups in total. The van der Waals surface area contributed by atoms with Gasteiger partial charge < -0.3 is 21.1 Å². The van der Waals surface area contributed by atoms with Crippen LogP contribution in [0.5, 0.6) is 0 Å². The fourth-order valence-corrected chi connectivity index (χ4v) is 1.79. The Morgan fingerprint density at radius 2 is 2.19 bits per heavy atom. The molecule has 0 aromatic heterocycles. The normalized spacial score (nSPS) is 26.2. The fourth-order valence-electron chi connectivity index (χ4n) is 1.79. The molecule has 0 aromatic carbocycles. The Bertz CT molecular complexity index is 238. The summed E-state index contributed by atoms with van der Waals surface area (Å²) in [5.74, 6) is 0.439. The summed E-state index contributed by atoms with van der Waals surface area (Å²) in [6.07, 6.45) is 0.569. The number of alkyl carbamates (subject to hydrolysis) is 1. The highest BCUT2D eigenvalue weighted by Crippen LogP contribution is 2.11. The van der Waals surface area contributed by atoms with E-state index < -0.39 is 5.60 Å². The van der Waals surface area contributed by atoms with Gasteiger partial charge in [-0.15, -0.1) is 0 Å². The van der Waals surface area contributed by atoms with Crippen LogP contribution in [0.25, 0.3) is 0 Å². The molecule has 0 aliphatic carbocycles. The number of piperidine rings is 1. The van der Waals surface area contributed by atoms with Crippen LogP contribution in [0, 0.1) is 5.92 Å². The van der Waals surface area contributed by atoms with Crippen molar-refractivity contribution in [2.24, 2.45) is 11.7 Å². The number of carbonyl (C=O) groups is 1. The monoisotopic (exact) mass is 229 g/mol. The maximum atomic E-state index is 11.5. The number of hydrogen-bond donors (Lipinski definition) is 3. The molecule has 5 heteroatoms. The Labute approximate surface area is 97.1 Å². The quantitative estimate of drug-likeness (QED) is 0.642. The summed E-state index contributed by atoms with van der Waals surface area (Å²) >= 11 is 0. The van der Waals surface area contributed by atoms with E-state index in [9.17, 15) is 4.79 Å². The standard InChI is InChI=1S/C11H23N3O2/c1-11(2,3)16-10(15)14-9-4-8(5-12)6-13-7-9/h8-9,13H,4-7,12H2,1-3H3,(H,14,15)/t8-,9+/m0/s1. The van der Waals surface area contributed by atoms with Crippen LogP contribution < -0.4 is 16.4 Å². The van der Waals surface area contributed by atoms with Crippen molar-refractivity contribution in [1.82, 2.24) is 10.6 Å². The number of nitrogens with two attached hydrogens (primary N) is 1. The molecule has 1 saturated heterocycles. The molecule has 1 heterocycles. The van der Waals surface area contributed by atoms with Crippen LogP contribution in [0.4, 0.5) is 4.79 Å². The molecule has 0 spiro atoms. The third-order valence-corrected chi connectivity index (χ3v) is 2.50. The summed E-state index contributed by atoms with van der Waals surface area (Å²) in [7, 11) is 0. The van der Waals surface area contributed by atoms with Gasteiger partial charge in [-0.2, -0.15) is 0 Å². The Morgan fingerprint density at radius 3 is 2.75 bits per heavy atom. The van der Waals surface area contributed by atoms with Gasteiger partial charge in [0, 0.05) is 12.6 Å². The highest BCUT2D eigenvalue weighted by atomic mass is 16.6. The van der Waals surface area contributed by atoms with E-state index in [1.54, 1.807) is 0 Å². The number of ether oxygens (including phenoxy) is 1. The minimum Gasteiger partial charge on any atom is -0.444 e. The van der Waals surface area contributed by atoms with Crippen molar-refractivity contribution in [1.29, 1.82) is 0 Å². The number of rotatable bonds is 2. The predicted molar refractivity (Wildman–Crippen MR) is 63.2 cm³/mol. The van der Waals surface area contributed by atoms with Crippen LogP contribution in [0.3, 0.4) is 0 Å². The Kier molecular flexibility index (Phi) is 4.56. The third kappa shape index (κ3) is 4.81.